The van der Waals surface area contributed by atoms with Crippen molar-refractivity contribution in [1.29, 1.82) is 0 Å². The first kappa shape index (κ1) is 10.9. The molecule has 1 aromatic heterocycles. The van der Waals surface area contributed by atoms with Crippen molar-refractivity contribution in [2.45, 2.75) is 0 Å². The molecule has 0 fully saturated rings. The first-order chi connectivity index (χ1) is 7.70. The van der Waals surface area contributed by atoms with Crippen molar-refractivity contribution in [3.05, 3.63) is 46.6 Å². The van der Waals surface area contributed by atoms with Gasteiger partial charge in [-0.3, -0.25) is 10.2 Å². The molecule has 2 rings (SSSR count). The lowest BCUT2D eigenvalue weighted by molar-refractivity contribution is 0.0927. The Bertz CT molecular complexity index is 522. The third kappa shape index (κ3) is 2.15. The van der Waals surface area contributed by atoms with Crippen LogP contribution in [0.15, 0.2) is 45.3 Å². The number of hydrazine groups is 1. The molecule has 0 saturated heterocycles. The first-order valence-electron chi connectivity index (χ1n) is 4.57. The van der Waals surface area contributed by atoms with Crippen LogP contribution in [0.25, 0.3) is 11.3 Å². The normalized spacial score (nSPS) is 10.1. The van der Waals surface area contributed by atoms with E-state index in [2.05, 4.69) is 15.9 Å². The standard InChI is InChI=1S/C11H9BrN2O2/c12-8-3-1-2-7(6-8)9-4-5-10(16-9)11(15)14-13/h1-6H,13H2,(H,14,15). The fourth-order valence-corrected chi connectivity index (χ4v) is 1.73. The Morgan fingerprint density at radius 3 is 2.81 bits per heavy atom. The van der Waals surface area contributed by atoms with Gasteiger partial charge < -0.3 is 4.42 Å². The minimum atomic E-state index is -0.443. The van der Waals surface area contributed by atoms with E-state index in [1.165, 1.54) is 0 Å². The van der Waals surface area contributed by atoms with Crippen LogP contribution in [0, 0.1) is 0 Å². The van der Waals surface area contributed by atoms with E-state index in [4.69, 9.17) is 10.3 Å². The molecule has 0 spiro atoms. The van der Waals surface area contributed by atoms with Crippen molar-refractivity contribution < 1.29 is 9.21 Å². The zero-order chi connectivity index (χ0) is 11.5. The highest BCUT2D eigenvalue weighted by atomic mass is 79.9. The van der Waals surface area contributed by atoms with Crippen LogP contribution >= 0.6 is 15.9 Å². The molecule has 0 saturated carbocycles. The van der Waals surface area contributed by atoms with E-state index in [9.17, 15) is 4.79 Å². The Hall–Kier alpha value is -1.59. The van der Waals surface area contributed by atoms with Crippen LogP contribution < -0.4 is 11.3 Å². The average molecular weight is 281 g/mol. The minimum absolute atomic E-state index is 0.192. The zero-order valence-corrected chi connectivity index (χ0v) is 9.82. The Kier molecular flexibility index (Phi) is 3.07. The van der Waals surface area contributed by atoms with Crippen molar-refractivity contribution in [2.24, 2.45) is 5.84 Å². The second-order valence-corrected chi connectivity index (χ2v) is 4.06. The van der Waals surface area contributed by atoms with Crippen LogP contribution in [0.4, 0.5) is 0 Å². The van der Waals surface area contributed by atoms with Gasteiger partial charge in [-0.15, -0.1) is 0 Å². The van der Waals surface area contributed by atoms with Gasteiger partial charge >= 0.3 is 5.91 Å². The SMILES string of the molecule is NNC(=O)c1ccc(-c2cccc(Br)c2)o1. The van der Waals surface area contributed by atoms with Crippen LogP contribution in [-0.2, 0) is 0 Å². The maximum Gasteiger partial charge on any atom is 0.300 e. The van der Waals surface area contributed by atoms with Gasteiger partial charge in [0.1, 0.15) is 5.76 Å². The van der Waals surface area contributed by atoms with Gasteiger partial charge in [0.2, 0.25) is 0 Å². The summed E-state index contributed by atoms with van der Waals surface area (Å²) in [6.07, 6.45) is 0. The minimum Gasteiger partial charge on any atom is -0.451 e. The maximum absolute atomic E-state index is 11.2. The zero-order valence-electron chi connectivity index (χ0n) is 8.24. The van der Waals surface area contributed by atoms with E-state index in [0.29, 0.717) is 5.76 Å². The largest absolute Gasteiger partial charge is 0.451 e. The number of amides is 1. The molecule has 0 aliphatic heterocycles. The van der Waals surface area contributed by atoms with E-state index in [-0.39, 0.29) is 5.76 Å². The summed E-state index contributed by atoms with van der Waals surface area (Å²) in [5, 5.41) is 0. The lowest BCUT2D eigenvalue weighted by Gasteiger charge is -1.97. The highest BCUT2D eigenvalue weighted by molar-refractivity contribution is 9.10. The van der Waals surface area contributed by atoms with Gasteiger partial charge in [0, 0.05) is 10.0 Å². The molecule has 5 heteroatoms. The highest BCUT2D eigenvalue weighted by Gasteiger charge is 2.10. The van der Waals surface area contributed by atoms with E-state index in [1.54, 1.807) is 12.1 Å². The van der Waals surface area contributed by atoms with Crippen molar-refractivity contribution >= 4 is 21.8 Å². The maximum atomic E-state index is 11.2. The third-order valence-electron chi connectivity index (χ3n) is 2.07. The van der Waals surface area contributed by atoms with E-state index in [0.717, 1.165) is 10.0 Å². The molecule has 3 N–H and O–H groups in total. The fraction of sp³-hybridized carbons (Fsp3) is 0. The lowest BCUT2D eigenvalue weighted by Crippen LogP contribution is -2.29. The number of nitrogens with two attached hydrogens (primary N) is 1. The third-order valence-corrected chi connectivity index (χ3v) is 2.56. The summed E-state index contributed by atoms with van der Waals surface area (Å²) in [7, 11) is 0. The second kappa shape index (κ2) is 4.51. The van der Waals surface area contributed by atoms with Crippen molar-refractivity contribution in [2.75, 3.05) is 0 Å². The molecule has 16 heavy (non-hydrogen) atoms. The number of halogens is 1. The first-order valence-corrected chi connectivity index (χ1v) is 5.37. The van der Waals surface area contributed by atoms with Crippen LogP contribution in [0.1, 0.15) is 10.6 Å². The average Bonchev–Trinajstić information content (AvgIpc) is 2.77. The number of hydrogen-bond acceptors (Lipinski definition) is 3. The molecule has 0 atom stereocenters. The molecular weight excluding hydrogens is 272 g/mol. The summed E-state index contributed by atoms with van der Waals surface area (Å²) in [4.78, 5) is 11.2. The molecule has 4 nitrogen and oxygen atoms in total. The van der Waals surface area contributed by atoms with Gasteiger partial charge in [-0.05, 0) is 24.3 Å². The van der Waals surface area contributed by atoms with Gasteiger partial charge in [-0.2, -0.15) is 0 Å². The number of carbonyl (C=O) groups excluding carboxylic acids is 1. The molecule has 0 aliphatic rings. The van der Waals surface area contributed by atoms with E-state index >= 15 is 0 Å². The molecule has 1 heterocycles. The molecule has 2 aromatic rings. The second-order valence-electron chi connectivity index (χ2n) is 3.15. The van der Waals surface area contributed by atoms with Gasteiger partial charge in [-0.1, -0.05) is 28.1 Å². The monoisotopic (exact) mass is 280 g/mol. The Morgan fingerprint density at radius 1 is 1.31 bits per heavy atom. The summed E-state index contributed by atoms with van der Waals surface area (Å²) in [6, 6.07) is 10.9. The number of nitrogens with one attached hydrogen (secondary N) is 1. The lowest BCUT2D eigenvalue weighted by atomic mass is 10.2. The summed E-state index contributed by atoms with van der Waals surface area (Å²) in [5.74, 6) is 5.38. The summed E-state index contributed by atoms with van der Waals surface area (Å²) in [5.41, 5.74) is 2.91. The van der Waals surface area contributed by atoms with Crippen LogP contribution in [0.2, 0.25) is 0 Å². The number of nitrogen functional groups attached to an aromatic ring is 1. The van der Waals surface area contributed by atoms with Crippen LogP contribution in [-0.4, -0.2) is 5.91 Å². The van der Waals surface area contributed by atoms with E-state index in [1.807, 2.05) is 29.7 Å². The predicted molar refractivity (Wildman–Crippen MR) is 63.5 cm³/mol. The number of furan rings is 1. The summed E-state index contributed by atoms with van der Waals surface area (Å²) in [6.45, 7) is 0. The summed E-state index contributed by atoms with van der Waals surface area (Å²) < 4.78 is 6.31. The van der Waals surface area contributed by atoms with Crippen molar-refractivity contribution in [1.82, 2.24) is 5.43 Å². The molecule has 1 aromatic carbocycles. The smallest absolute Gasteiger partial charge is 0.300 e. The van der Waals surface area contributed by atoms with Crippen molar-refractivity contribution in [3.8, 4) is 11.3 Å². The molecular formula is C11H9BrN2O2. The summed E-state index contributed by atoms with van der Waals surface area (Å²) >= 11 is 3.37. The van der Waals surface area contributed by atoms with Gasteiger partial charge in [-0.25, -0.2) is 5.84 Å². The molecule has 0 bridgehead atoms. The highest BCUT2D eigenvalue weighted by Crippen LogP contribution is 2.24. The topological polar surface area (TPSA) is 68.3 Å². The Labute approximate surface area is 101 Å². The number of rotatable bonds is 2. The van der Waals surface area contributed by atoms with Gasteiger partial charge in [0.25, 0.3) is 0 Å². The van der Waals surface area contributed by atoms with Crippen LogP contribution in [0.3, 0.4) is 0 Å². The molecule has 0 aliphatic carbocycles. The predicted octanol–water partition coefficient (Wildman–Crippen LogP) is 2.31. The van der Waals surface area contributed by atoms with Gasteiger partial charge in [0.15, 0.2) is 5.76 Å². The van der Waals surface area contributed by atoms with Gasteiger partial charge in [0.05, 0.1) is 0 Å². The molecule has 82 valence electrons. The molecule has 0 radical (unpaired) electrons. The molecule has 0 unspecified atom stereocenters. The number of hydrogen-bond donors (Lipinski definition) is 2. The quantitative estimate of drug-likeness (QED) is 0.504. The number of benzene rings is 1. The fourth-order valence-electron chi connectivity index (χ4n) is 1.33. The Morgan fingerprint density at radius 2 is 2.12 bits per heavy atom. The van der Waals surface area contributed by atoms with Crippen LogP contribution in [0.5, 0.6) is 0 Å². The van der Waals surface area contributed by atoms with E-state index < -0.39 is 5.91 Å². The number of carbonyl (C=O) groups is 1. The Balaban J connectivity index is 2.35. The molecule has 1 amide bonds. The van der Waals surface area contributed by atoms with Crippen molar-refractivity contribution in [3.63, 3.8) is 0 Å².